The summed E-state index contributed by atoms with van der Waals surface area (Å²) in [6, 6.07) is 13.6. The molecule has 1 fully saturated rings. The fraction of sp³-hybridized carbons (Fsp3) is 0.250. The van der Waals surface area contributed by atoms with Crippen LogP contribution in [0, 0.1) is 11.3 Å². The second-order valence-corrected chi connectivity index (χ2v) is 5.99. The molecule has 0 bridgehead atoms. The van der Waals surface area contributed by atoms with Crippen molar-refractivity contribution in [2.75, 3.05) is 13.7 Å². The predicted molar refractivity (Wildman–Crippen MR) is 93.8 cm³/mol. The van der Waals surface area contributed by atoms with Gasteiger partial charge in [0.1, 0.15) is 0 Å². The fourth-order valence-corrected chi connectivity index (χ4v) is 2.87. The van der Waals surface area contributed by atoms with Crippen molar-refractivity contribution in [2.24, 2.45) is 0 Å². The number of likely N-dealkylation sites (tertiary alicyclic amines) is 1. The van der Waals surface area contributed by atoms with E-state index in [1.54, 1.807) is 29.2 Å². The maximum absolute atomic E-state index is 12.5. The quantitative estimate of drug-likeness (QED) is 0.612. The van der Waals surface area contributed by atoms with E-state index in [9.17, 15) is 9.59 Å². The Labute approximate surface area is 151 Å². The standard InChI is InChI=1S/C20H18N2O4/c1-25-18-11-14(12-21)7-8-17(18)26-20(24)16-5-2-4-15(10-16)13-22-9-3-6-19(22)23/h2,4-5,7-8,10-11H,3,6,9,13H2,1H3. The van der Waals surface area contributed by atoms with E-state index in [1.165, 1.54) is 19.2 Å². The van der Waals surface area contributed by atoms with Gasteiger partial charge in [-0.15, -0.1) is 0 Å². The summed E-state index contributed by atoms with van der Waals surface area (Å²) in [6.07, 6.45) is 1.46. The Morgan fingerprint density at radius 3 is 2.77 bits per heavy atom. The molecule has 0 N–H and O–H groups in total. The number of rotatable bonds is 5. The van der Waals surface area contributed by atoms with Crippen LogP contribution in [0.1, 0.15) is 34.3 Å². The molecular weight excluding hydrogens is 332 g/mol. The van der Waals surface area contributed by atoms with Crippen LogP contribution in [0.25, 0.3) is 0 Å². The van der Waals surface area contributed by atoms with E-state index in [-0.39, 0.29) is 11.7 Å². The molecule has 1 aliphatic heterocycles. The average Bonchev–Trinajstić information content (AvgIpc) is 3.06. The molecule has 0 radical (unpaired) electrons. The van der Waals surface area contributed by atoms with Crippen molar-refractivity contribution < 1.29 is 19.1 Å². The molecule has 0 saturated carbocycles. The summed E-state index contributed by atoms with van der Waals surface area (Å²) in [5.41, 5.74) is 1.68. The van der Waals surface area contributed by atoms with E-state index in [2.05, 4.69) is 0 Å². The van der Waals surface area contributed by atoms with Crippen molar-refractivity contribution >= 4 is 11.9 Å². The van der Waals surface area contributed by atoms with Crippen molar-refractivity contribution in [2.45, 2.75) is 19.4 Å². The largest absolute Gasteiger partial charge is 0.493 e. The first-order valence-electron chi connectivity index (χ1n) is 8.28. The summed E-state index contributed by atoms with van der Waals surface area (Å²) >= 11 is 0. The van der Waals surface area contributed by atoms with Crippen LogP contribution >= 0.6 is 0 Å². The number of benzene rings is 2. The van der Waals surface area contributed by atoms with Crippen molar-refractivity contribution in [3.63, 3.8) is 0 Å². The van der Waals surface area contributed by atoms with Crippen LogP contribution < -0.4 is 9.47 Å². The molecule has 3 rings (SSSR count). The van der Waals surface area contributed by atoms with Crippen LogP contribution in [0.5, 0.6) is 11.5 Å². The minimum Gasteiger partial charge on any atom is -0.493 e. The van der Waals surface area contributed by atoms with Crippen LogP contribution in [0.2, 0.25) is 0 Å². The number of ether oxygens (including phenoxy) is 2. The van der Waals surface area contributed by atoms with Gasteiger partial charge >= 0.3 is 5.97 Å². The molecule has 0 unspecified atom stereocenters. The fourth-order valence-electron chi connectivity index (χ4n) is 2.87. The number of hydrogen-bond acceptors (Lipinski definition) is 5. The summed E-state index contributed by atoms with van der Waals surface area (Å²) in [7, 11) is 1.45. The third-order valence-electron chi connectivity index (χ3n) is 4.20. The number of hydrogen-bond donors (Lipinski definition) is 0. The predicted octanol–water partition coefficient (Wildman–Crippen LogP) is 2.91. The first-order chi connectivity index (χ1) is 12.6. The Bertz CT molecular complexity index is 886. The zero-order valence-electron chi connectivity index (χ0n) is 14.4. The average molecular weight is 350 g/mol. The van der Waals surface area contributed by atoms with Gasteiger partial charge < -0.3 is 14.4 Å². The summed E-state index contributed by atoms with van der Waals surface area (Å²) in [5, 5.41) is 8.93. The number of carbonyl (C=O) groups is 2. The van der Waals surface area contributed by atoms with E-state index in [0.717, 1.165) is 18.5 Å². The highest BCUT2D eigenvalue weighted by atomic mass is 16.6. The third kappa shape index (κ3) is 3.83. The third-order valence-corrected chi connectivity index (χ3v) is 4.20. The highest BCUT2D eigenvalue weighted by Gasteiger charge is 2.20. The lowest BCUT2D eigenvalue weighted by Crippen LogP contribution is -2.24. The second-order valence-electron chi connectivity index (χ2n) is 5.99. The highest BCUT2D eigenvalue weighted by molar-refractivity contribution is 5.91. The number of amides is 1. The van der Waals surface area contributed by atoms with Gasteiger partial charge in [0.05, 0.1) is 24.3 Å². The maximum atomic E-state index is 12.5. The molecule has 0 atom stereocenters. The molecular formula is C20H18N2O4. The monoisotopic (exact) mass is 350 g/mol. The lowest BCUT2D eigenvalue weighted by atomic mass is 10.1. The zero-order valence-corrected chi connectivity index (χ0v) is 14.4. The van der Waals surface area contributed by atoms with Crippen LogP contribution in [-0.4, -0.2) is 30.4 Å². The van der Waals surface area contributed by atoms with Crippen LogP contribution in [0.15, 0.2) is 42.5 Å². The van der Waals surface area contributed by atoms with E-state index >= 15 is 0 Å². The van der Waals surface area contributed by atoms with Crippen molar-refractivity contribution in [1.29, 1.82) is 5.26 Å². The van der Waals surface area contributed by atoms with Crippen molar-refractivity contribution in [1.82, 2.24) is 4.90 Å². The molecule has 1 saturated heterocycles. The number of nitriles is 1. The minimum atomic E-state index is -0.525. The van der Waals surface area contributed by atoms with Crippen molar-refractivity contribution in [3.8, 4) is 17.6 Å². The molecule has 132 valence electrons. The summed E-state index contributed by atoms with van der Waals surface area (Å²) < 4.78 is 10.6. The first-order valence-corrected chi connectivity index (χ1v) is 8.28. The lowest BCUT2D eigenvalue weighted by molar-refractivity contribution is -0.128. The van der Waals surface area contributed by atoms with E-state index < -0.39 is 5.97 Å². The van der Waals surface area contributed by atoms with E-state index in [4.69, 9.17) is 14.7 Å². The van der Waals surface area contributed by atoms with E-state index in [1.807, 2.05) is 12.1 Å². The summed E-state index contributed by atoms with van der Waals surface area (Å²) in [6.45, 7) is 1.23. The van der Waals surface area contributed by atoms with Gasteiger partial charge in [-0.2, -0.15) is 5.26 Å². The molecule has 0 aromatic heterocycles. The van der Waals surface area contributed by atoms with Crippen LogP contribution in [0.3, 0.4) is 0 Å². The summed E-state index contributed by atoms with van der Waals surface area (Å²) in [5.74, 6) is 0.177. The number of carbonyl (C=O) groups excluding carboxylic acids is 2. The zero-order chi connectivity index (χ0) is 18.5. The Morgan fingerprint density at radius 2 is 2.08 bits per heavy atom. The Balaban J connectivity index is 1.75. The Morgan fingerprint density at radius 1 is 1.23 bits per heavy atom. The molecule has 2 aromatic rings. The van der Waals surface area contributed by atoms with Gasteiger partial charge in [-0.05, 0) is 36.2 Å². The minimum absolute atomic E-state index is 0.139. The van der Waals surface area contributed by atoms with Crippen molar-refractivity contribution in [3.05, 3.63) is 59.2 Å². The highest BCUT2D eigenvalue weighted by Crippen LogP contribution is 2.28. The number of esters is 1. The smallest absolute Gasteiger partial charge is 0.343 e. The lowest BCUT2D eigenvalue weighted by Gasteiger charge is -2.16. The van der Waals surface area contributed by atoms with Gasteiger partial charge in [0.15, 0.2) is 11.5 Å². The molecule has 1 amide bonds. The van der Waals surface area contributed by atoms with Gasteiger partial charge in [0, 0.05) is 25.6 Å². The molecule has 6 heteroatoms. The molecule has 26 heavy (non-hydrogen) atoms. The Kier molecular flexibility index (Phi) is 5.18. The van der Waals surface area contributed by atoms with Crippen LogP contribution in [-0.2, 0) is 11.3 Å². The molecule has 2 aromatic carbocycles. The SMILES string of the molecule is COc1cc(C#N)ccc1OC(=O)c1cccc(CN2CCCC2=O)c1. The van der Waals surface area contributed by atoms with Gasteiger partial charge in [-0.3, -0.25) is 4.79 Å². The Hall–Kier alpha value is -3.33. The number of nitrogens with zero attached hydrogens (tertiary/aromatic N) is 2. The topological polar surface area (TPSA) is 79.6 Å². The molecule has 0 spiro atoms. The molecule has 6 nitrogen and oxygen atoms in total. The summed E-state index contributed by atoms with van der Waals surface area (Å²) in [4.78, 5) is 26.0. The maximum Gasteiger partial charge on any atom is 0.343 e. The van der Waals surface area contributed by atoms with Gasteiger partial charge in [0.2, 0.25) is 5.91 Å². The normalized spacial score (nSPS) is 13.4. The second kappa shape index (κ2) is 7.70. The number of methoxy groups -OCH3 is 1. The first kappa shape index (κ1) is 17.5. The van der Waals surface area contributed by atoms with Gasteiger partial charge in [0.25, 0.3) is 0 Å². The molecule has 1 heterocycles. The molecule has 0 aliphatic carbocycles. The van der Waals surface area contributed by atoms with Crippen LogP contribution in [0.4, 0.5) is 0 Å². The molecule has 1 aliphatic rings. The van der Waals surface area contributed by atoms with Gasteiger partial charge in [-0.1, -0.05) is 12.1 Å². The van der Waals surface area contributed by atoms with Gasteiger partial charge in [-0.25, -0.2) is 4.79 Å². The van der Waals surface area contributed by atoms with E-state index in [0.29, 0.717) is 29.8 Å².